The number of amides is 1. The van der Waals surface area contributed by atoms with E-state index >= 15 is 0 Å². The van der Waals surface area contributed by atoms with E-state index in [4.69, 9.17) is 0 Å². The third-order valence-corrected chi connectivity index (χ3v) is 6.11. The lowest BCUT2D eigenvalue weighted by molar-refractivity contribution is -0.126. The molecule has 0 radical (unpaired) electrons. The molecule has 0 saturated carbocycles. The Balaban J connectivity index is 0.00000220. The number of piperidine rings is 2. The van der Waals surface area contributed by atoms with Crippen molar-refractivity contribution in [3.63, 3.8) is 0 Å². The number of rotatable bonds is 4. The van der Waals surface area contributed by atoms with E-state index in [1.165, 1.54) is 4.31 Å². The molecule has 124 valence electrons. The second kappa shape index (κ2) is 8.31. The number of nitrogens with one attached hydrogen (secondary N) is 2. The molecule has 2 N–H and O–H groups in total. The van der Waals surface area contributed by atoms with Crippen molar-refractivity contribution in [2.24, 2.45) is 5.92 Å². The van der Waals surface area contributed by atoms with E-state index in [2.05, 4.69) is 10.6 Å². The van der Waals surface area contributed by atoms with Gasteiger partial charge in [0.05, 0.1) is 11.7 Å². The Morgan fingerprint density at radius 1 is 1.29 bits per heavy atom. The summed E-state index contributed by atoms with van der Waals surface area (Å²) >= 11 is 0. The van der Waals surface area contributed by atoms with Crippen molar-refractivity contribution in [3.8, 4) is 0 Å². The standard InChI is InChI=1S/C13H25N3O3S.ClH/c1-2-20(18,19)16-8-5-12(6-9-16)15-13(17)11-4-3-7-14-10-11;/h11-12,14H,2-10H2,1H3,(H,15,17);1H. The van der Waals surface area contributed by atoms with Crippen LogP contribution in [0.5, 0.6) is 0 Å². The van der Waals surface area contributed by atoms with E-state index in [1.54, 1.807) is 6.92 Å². The minimum absolute atomic E-state index is 0. The van der Waals surface area contributed by atoms with Gasteiger partial charge in [0.2, 0.25) is 15.9 Å². The second-order valence-corrected chi connectivity index (χ2v) is 7.88. The molecule has 0 aromatic heterocycles. The maximum absolute atomic E-state index is 12.1. The molecule has 2 aliphatic rings. The Labute approximate surface area is 133 Å². The summed E-state index contributed by atoms with van der Waals surface area (Å²) in [6, 6.07) is 0.118. The minimum atomic E-state index is -3.08. The van der Waals surface area contributed by atoms with Gasteiger partial charge in [0.15, 0.2) is 0 Å². The Kier molecular flexibility index (Phi) is 7.39. The van der Waals surface area contributed by atoms with E-state index in [0.717, 1.165) is 25.9 Å². The smallest absolute Gasteiger partial charge is 0.224 e. The molecule has 0 spiro atoms. The van der Waals surface area contributed by atoms with Crippen LogP contribution in [-0.2, 0) is 14.8 Å². The molecule has 1 atom stereocenters. The maximum atomic E-state index is 12.1. The largest absolute Gasteiger partial charge is 0.353 e. The fourth-order valence-electron chi connectivity index (χ4n) is 2.86. The van der Waals surface area contributed by atoms with Crippen LogP contribution in [0.15, 0.2) is 0 Å². The van der Waals surface area contributed by atoms with Crippen LogP contribution in [-0.4, -0.2) is 56.6 Å². The van der Waals surface area contributed by atoms with Gasteiger partial charge in [0.25, 0.3) is 0 Å². The molecule has 0 aromatic carbocycles. The van der Waals surface area contributed by atoms with Crippen molar-refractivity contribution >= 4 is 28.3 Å². The van der Waals surface area contributed by atoms with Crippen molar-refractivity contribution in [1.82, 2.24) is 14.9 Å². The van der Waals surface area contributed by atoms with Gasteiger partial charge in [-0.2, -0.15) is 0 Å². The van der Waals surface area contributed by atoms with Gasteiger partial charge < -0.3 is 10.6 Å². The van der Waals surface area contributed by atoms with Gasteiger partial charge in [-0.3, -0.25) is 4.79 Å². The monoisotopic (exact) mass is 339 g/mol. The van der Waals surface area contributed by atoms with Crippen molar-refractivity contribution in [1.29, 1.82) is 0 Å². The van der Waals surface area contributed by atoms with Gasteiger partial charge in [-0.25, -0.2) is 12.7 Å². The molecular formula is C13H26ClN3O3S. The topological polar surface area (TPSA) is 78.5 Å². The van der Waals surface area contributed by atoms with Crippen LogP contribution in [0.4, 0.5) is 0 Å². The Hall–Kier alpha value is -0.370. The summed E-state index contributed by atoms with van der Waals surface area (Å²) in [6.07, 6.45) is 3.42. The average Bonchev–Trinajstić information content (AvgIpc) is 2.48. The highest BCUT2D eigenvalue weighted by molar-refractivity contribution is 7.89. The van der Waals surface area contributed by atoms with Crippen LogP contribution < -0.4 is 10.6 Å². The predicted octanol–water partition coefficient (Wildman–Crippen LogP) is 0.338. The van der Waals surface area contributed by atoms with E-state index in [9.17, 15) is 13.2 Å². The summed E-state index contributed by atoms with van der Waals surface area (Å²) in [5.74, 6) is 0.341. The van der Waals surface area contributed by atoms with Gasteiger partial charge in [0, 0.05) is 25.7 Å². The van der Waals surface area contributed by atoms with Crippen LogP contribution in [0.1, 0.15) is 32.6 Å². The number of hydrogen-bond acceptors (Lipinski definition) is 4. The molecule has 1 unspecified atom stereocenters. The lowest BCUT2D eigenvalue weighted by atomic mass is 9.97. The Bertz CT molecular complexity index is 430. The average molecular weight is 340 g/mol. The van der Waals surface area contributed by atoms with E-state index in [0.29, 0.717) is 25.9 Å². The Morgan fingerprint density at radius 2 is 1.95 bits per heavy atom. The van der Waals surface area contributed by atoms with Crippen molar-refractivity contribution < 1.29 is 13.2 Å². The van der Waals surface area contributed by atoms with Crippen LogP contribution in [0.25, 0.3) is 0 Å². The zero-order valence-corrected chi connectivity index (χ0v) is 14.1. The van der Waals surface area contributed by atoms with Crippen LogP contribution in [0, 0.1) is 5.92 Å². The molecule has 2 rings (SSSR count). The van der Waals surface area contributed by atoms with Crippen molar-refractivity contribution in [3.05, 3.63) is 0 Å². The van der Waals surface area contributed by atoms with Crippen LogP contribution >= 0.6 is 12.4 Å². The molecule has 0 aromatic rings. The minimum Gasteiger partial charge on any atom is -0.353 e. The Morgan fingerprint density at radius 3 is 2.48 bits per heavy atom. The molecule has 2 heterocycles. The maximum Gasteiger partial charge on any atom is 0.224 e. The molecule has 8 heteroatoms. The van der Waals surface area contributed by atoms with Crippen molar-refractivity contribution in [2.75, 3.05) is 31.9 Å². The highest BCUT2D eigenvalue weighted by Crippen LogP contribution is 2.16. The predicted molar refractivity (Wildman–Crippen MR) is 85.0 cm³/mol. The number of nitrogens with zero attached hydrogens (tertiary/aromatic N) is 1. The van der Waals surface area contributed by atoms with Gasteiger partial charge in [-0.05, 0) is 39.2 Å². The lowest BCUT2D eigenvalue weighted by Gasteiger charge is -2.32. The number of halogens is 1. The molecule has 0 bridgehead atoms. The lowest BCUT2D eigenvalue weighted by Crippen LogP contribution is -2.49. The van der Waals surface area contributed by atoms with E-state index < -0.39 is 10.0 Å². The first kappa shape index (κ1) is 18.7. The first-order chi connectivity index (χ1) is 9.53. The van der Waals surface area contributed by atoms with Crippen LogP contribution in [0.2, 0.25) is 0 Å². The SMILES string of the molecule is CCS(=O)(=O)N1CCC(NC(=O)C2CCCNC2)CC1.Cl. The molecule has 2 aliphatic heterocycles. The third kappa shape index (κ3) is 5.09. The molecular weight excluding hydrogens is 314 g/mol. The fraction of sp³-hybridized carbons (Fsp3) is 0.923. The number of carbonyl (C=O) groups excluding carboxylic acids is 1. The molecule has 2 saturated heterocycles. The third-order valence-electron chi connectivity index (χ3n) is 4.23. The number of sulfonamides is 1. The molecule has 21 heavy (non-hydrogen) atoms. The highest BCUT2D eigenvalue weighted by Gasteiger charge is 2.29. The molecule has 6 nitrogen and oxygen atoms in total. The van der Waals surface area contributed by atoms with Crippen LogP contribution in [0.3, 0.4) is 0 Å². The first-order valence-electron chi connectivity index (χ1n) is 7.52. The quantitative estimate of drug-likeness (QED) is 0.774. The summed E-state index contributed by atoms with van der Waals surface area (Å²) in [7, 11) is -3.08. The van der Waals surface area contributed by atoms with Gasteiger partial charge in [-0.1, -0.05) is 0 Å². The second-order valence-electron chi connectivity index (χ2n) is 5.63. The summed E-state index contributed by atoms with van der Waals surface area (Å²) in [4.78, 5) is 12.1. The summed E-state index contributed by atoms with van der Waals surface area (Å²) < 4.78 is 25.1. The zero-order chi connectivity index (χ0) is 14.6. The summed E-state index contributed by atoms with van der Waals surface area (Å²) in [6.45, 7) is 4.46. The number of carbonyl (C=O) groups is 1. The van der Waals surface area contributed by atoms with Gasteiger partial charge in [0.1, 0.15) is 0 Å². The van der Waals surface area contributed by atoms with E-state index in [1.807, 2.05) is 0 Å². The number of hydrogen-bond donors (Lipinski definition) is 2. The van der Waals surface area contributed by atoms with Crippen molar-refractivity contribution in [2.45, 2.75) is 38.6 Å². The highest BCUT2D eigenvalue weighted by atomic mass is 35.5. The van der Waals surface area contributed by atoms with Gasteiger partial charge in [-0.15, -0.1) is 12.4 Å². The molecule has 0 aliphatic carbocycles. The summed E-state index contributed by atoms with van der Waals surface area (Å²) in [5, 5.41) is 6.32. The van der Waals surface area contributed by atoms with E-state index in [-0.39, 0.29) is 36.0 Å². The first-order valence-corrected chi connectivity index (χ1v) is 9.12. The molecule has 2 fully saturated rings. The fourth-order valence-corrected chi connectivity index (χ4v) is 3.99. The normalized spacial score (nSPS) is 25.1. The van der Waals surface area contributed by atoms with Gasteiger partial charge >= 0.3 is 0 Å². The zero-order valence-electron chi connectivity index (χ0n) is 12.5. The molecule has 1 amide bonds. The summed E-state index contributed by atoms with van der Waals surface area (Å²) in [5.41, 5.74) is 0.